The summed E-state index contributed by atoms with van der Waals surface area (Å²) in [5, 5.41) is 34.0. The minimum atomic E-state index is -4.34. The Labute approximate surface area is 243 Å². The predicted octanol–water partition coefficient (Wildman–Crippen LogP) is -0.169. The quantitative estimate of drug-likeness (QED) is 0.297. The molecular weight excluding hydrogens is 505 g/mol. The number of rotatable bonds is 7. The fraction of sp³-hybridized carbons (Fsp3) is 0.962. The van der Waals surface area contributed by atoms with Crippen LogP contribution in [0.15, 0.2) is 10.2 Å². The van der Waals surface area contributed by atoms with Crippen LogP contribution in [0.4, 0.5) is 0 Å². The van der Waals surface area contributed by atoms with Gasteiger partial charge >= 0.3 is 29.6 Å². The molecule has 0 bridgehead atoms. The van der Waals surface area contributed by atoms with Crippen LogP contribution in [0.25, 0.3) is 0 Å². The number of hydrogen-bond acceptors (Lipinski definition) is 8. The van der Waals surface area contributed by atoms with Crippen molar-refractivity contribution in [1.82, 2.24) is 5.32 Å². The molecule has 11 heteroatoms. The summed E-state index contributed by atoms with van der Waals surface area (Å²) in [6.07, 6.45) is 6.62. The topological polar surface area (TPSA) is 151 Å². The van der Waals surface area contributed by atoms with Crippen molar-refractivity contribution in [3.63, 3.8) is 0 Å². The van der Waals surface area contributed by atoms with Crippen molar-refractivity contribution in [3.05, 3.63) is 0 Å². The molecule has 0 radical (unpaired) electrons. The molecule has 0 aromatic rings. The summed E-state index contributed by atoms with van der Waals surface area (Å²) in [6.45, 7) is 6.64. The summed E-state index contributed by atoms with van der Waals surface area (Å²) < 4.78 is 32.3. The number of hydrogen-bond donors (Lipinski definition) is 3. The van der Waals surface area contributed by atoms with Gasteiger partial charge in [0, 0.05) is 25.3 Å². The zero-order valence-corrected chi connectivity index (χ0v) is 25.5. The van der Waals surface area contributed by atoms with Gasteiger partial charge in [0.1, 0.15) is 0 Å². The summed E-state index contributed by atoms with van der Waals surface area (Å²) in [4.78, 5) is 12.2. The molecule has 4 saturated carbocycles. The van der Waals surface area contributed by atoms with E-state index in [1.54, 1.807) is 0 Å². The first-order chi connectivity index (χ1) is 16.8. The Morgan fingerprint density at radius 2 is 1.84 bits per heavy atom. The molecule has 37 heavy (non-hydrogen) atoms. The zero-order valence-electron chi connectivity index (χ0n) is 22.7. The molecule has 0 aromatic carbocycles. The van der Waals surface area contributed by atoms with E-state index in [2.05, 4.69) is 36.3 Å². The van der Waals surface area contributed by atoms with Gasteiger partial charge in [-0.25, -0.2) is 8.42 Å². The Morgan fingerprint density at radius 3 is 2.49 bits per heavy atom. The van der Waals surface area contributed by atoms with Gasteiger partial charge in [0.05, 0.1) is 28.1 Å². The standard InChI is InChI=1S/C26H43N3O6S.Na/c1-15(4-7-22(32)27-10-11-36(33,34)35)18-5-6-19-23-20(13-21(31)25(18,19)3)24(2)9-8-17(30)12-16(24)14-26(23)28-29-26;/h15-21,23,30-31H,4-14H2,1-3H3,(H,27,32)(H,33,34,35);/q;+1/p-1/t15-,16+,17-,18-,19+,20+,21+,23+,24+,25-;/m1./s1. The molecule has 9 nitrogen and oxygen atoms in total. The molecule has 4 fully saturated rings. The van der Waals surface area contributed by atoms with Gasteiger partial charge in [-0.3, -0.25) is 4.79 Å². The van der Waals surface area contributed by atoms with E-state index in [1.165, 1.54) is 0 Å². The molecular formula is C26H42N3NaO6S. The van der Waals surface area contributed by atoms with Crippen molar-refractivity contribution < 1.29 is 57.5 Å². The van der Waals surface area contributed by atoms with E-state index in [1.807, 2.05) is 0 Å². The number of fused-ring (bicyclic) bond motifs is 6. The average molecular weight is 548 g/mol. The van der Waals surface area contributed by atoms with E-state index >= 15 is 0 Å². The van der Waals surface area contributed by atoms with E-state index in [-0.39, 0.29) is 82.9 Å². The van der Waals surface area contributed by atoms with Gasteiger partial charge in [0.15, 0.2) is 5.66 Å². The van der Waals surface area contributed by atoms with E-state index in [0.29, 0.717) is 30.1 Å². The van der Waals surface area contributed by atoms with E-state index in [9.17, 15) is 28.0 Å². The Morgan fingerprint density at radius 1 is 1.14 bits per heavy atom. The van der Waals surface area contributed by atoms with Crippen LogP contribution < -0.4 is 34.9 Å². The minimum Gasteiger partial charge on any atom is -0.748 e. The number of aliphatic hydroxyl groups excluding tert-OH is 2. The normalized spacial score (nSPS) is 44.2. The fourth-order valence-electron chi connectivity index (χ4n) is 9.40. The molecule has 0 unspecified atom stereocenters. The molecule has 10 atom stereocenters. The van der Waals surface area contributed by atoms with Crippen molar-refractivity contribution in [2.45, 2.75) is 96.4 Å². The van der Waals surface area contributed by atoms with Crippen LogP contribution in [-0.2, 0) is 14.9 Å². The van der Waals surface area contributed by atoms with Crippen LogP contribution in [0.5, 0.6) is 0 Å². The summed E-state index contributed by atoms with van der Waals surface area (Å²) in [5.41, 5.74) is -0.492. The summed E-state index contributed by atoms with van der Waals surface area (Å²) in [5.74, 6) is 1.07. The predicted molar refractivity (Wildman–Crippen MR) is 132 cm³/mol. The Bertz CT molecular complexity index is 1020. The maximum atomic E-state index is 12.2. The smallest absolute Gasteiger partial charge is 0.748 e. The van der Waals surface area contributed by atoms with Crippen LogP contribution in [0.2, 0.25) is 0 Å². The fourth-order valence-corrected chi connectivity index (χ4v) is 9.76. The first-order valence-electron chi connectivity index (χ1n) is 13.8. The van der Waals surface area contributed by atoms with Crippen LogP contribution in [0.1, 0.15) is 78.6 Å². The van der Waals surface area contributed by atoms with Crippen LogP contribution in [-0.4, -0.2) is 59.3 Å². The first-order valence-corrected chi connectivity index (χ1v) is 15.4. The van der Waals surface area contributed by atoms with Gasteiger partial charge in [-0.05, 0) is 85.4 Å². The van der Waals surface area contributed by atoms with Crippen molar-refractivity contribution in [3.8, 4) is 0 Å². The molecule has 5 rings (SSSR count). The first kappa shape index (κ1) is 29.9. The van der Waals surface area contributed by atoms with E-state index in [4.69, 9.17) is 0 Å². The third-order valence-corrected chi connectivity index (χ3v) is 12.1. The Balaban J connectivity index is 0.00000320. The van der Waals surface area contributed by atoms with Gasteiger partial charge in [-0.1, -0.05) is 20.8 Å². The van der Waals surface area contributed by atoms with Crippen molar-refractivity contribution in [2.24, 2.45) is 56.6 Å². The third kappa shape index (κ3) is 5.22. The molecule has 1 spiro atoms. The molecule has 204 valence electrons. The summed E-state index contributed by atoms with van der Waals surface area (Å²) in [6, 6.07) is 0. The van der Waals surface area contributed by atoms with Crippen molar-refractivity contribution in [1.29, 1.82) is 0 Å². The Hall–Kier alpha value is -0.100. The van der Waals surface area contributed by atoms with E-state index < -0.39 is 22.0 Å². The van der Waals surface area contributed by atoms with Gasteiger partial charge in [-0.15, -0.1) is 0 Å². The second-order valence-electron chi connectivity index (χ2n) is 13.1. The number of aliphatic hydroxyl groups is 2. The maximum Gasteiger partial charge on any atom is 1.00 e. The largest absolute Gasteiger partial charge is 1.00 e. The zero-order chi connectivity index (χ0) is 26.1. The summed E-state index contributed by atoms with van der Waals surface area (Å²) in [7, 11) is -4.34. The molecule has 0 aromatic heterocycles. The number of carbonyl (C=O) groups is 1. The van der Waals surface area contributed by atoms with Crippen LogP contribution >= 0.6 is 0 Å². The number of amides is 1. The van der Waals surface area contributed by atoms with Crippen molar-refractivity contribution in [2.75, 3.05) is 12.3 Å². The van der Waals surface area contributed by atoms with Gasteiger partial charge in [0.2, 0.25) is 5.91 Å². The van der Waals surface area contributed by atoms with Crippen molar-refractivity contribution >= 4 is 16.0 Å². The van der Waals surface area contributed by atoms with Crippen LogP contribution in [0.3, 0.4) is 0 Å². The maximum absolute atomic E-state index is 12.2. The molecule has 5 aliphatic rings. The van der Waals surface area contributed by atoms with Gasteiger partial charge in [0.25, 0.3) is 0 Å². The number of nitrogens with one attached hydrogen (secondary N) is 1. The second-order valence-corrected chi connectivity index (χ2v) is 14.6. The number of nitrogens with zero attached hydrogens (tertiary/aromatic N) is 2. The molecule has 0 saturated heterocycles. The molecule has 1 heterocycles. The molecule has 1 aliphatic heterocycles. The third-order valence-electron chi connectivity index (χ3n) is 11.4. The summed E-state index contributed by atoms with van der Waals surface area (Å²) >= 11 is 0. The van der Waals surface area contributed by atoms with E-state index in [0.717, 1.165) is 44.9 Å². The molecule has 1 amide bonds. The van der Waals surface area contributed by atoms with Crippen LogP contribution in [0, 0.1) is 46.3 Å². The molecule has 4 aliphatic carbocycles. The number of carbonyl (C=O) groups excluding carboxylic acids is 1. The monoisotopic (exact) mass is 547 g/mol. The van der Waals surface area contributed by atoms with Gasteiger partial charge < -0.3 is 20.1 Å². The average Bonchev–Trinajstić information content (AvgIpc) is 3.46. The SMILES string of the molecule is C[C@H](CCC(=O)NCCS(=O)(=O)[O-])[C@H]1CC[C@H]2[C@H]3[C@H](C[C@H](O)[C@]12C)[C@@]1(C)CC[C@@H](O)C[C@H]1CC31N=N1.[Na+]. The second kappa shape index (κ2) is 10.4. The Kier molecular flexibility index (Phi) is 8.38. The minimum absolute atomic E-state index is 0. The molecule has 3 N–H and O–H groups in total. The van der Waals surface area contributed by atoms with Gasteiger partial charge in [-0.2, -0.15) is 10.2 Å².